The Hall–Kier alpha value is -5.84. The smallest absolute Gasteiger partial charge is 0.193 e. The van der Waals surface area contributed by atoms with E-state index in [9.17, 15) is 27.2 Å². The van der Waals surface area contributed by atoms with Crippen molar-refractivity contribution in [1.29, 1.82) is 10.5 Å². The van der Waals surface area contributed by atoms with Gasteiger partial charge in [-0.05, 0) is 167 Å². The number of nitriles is 2. The molecule has 8 aromatic carbocycles. The Morgan fingerprint density at radius 2 is 0.595 bits per heavy atom. The van der Waals surface area contributed by atoms with Crippen LogP contribution < -0.4 is 0 Å². The lowest BCUT2D eigenvalue weighted by atomic mass is 10.0. The molecule has 0 N–H and O–H groups in total. The average molecular weight is 1330 g/mol. The van der Waals surface area contributed by atoms with Gasteiger partial charge in [0.05, 0.1) is 23.3 Å². The molecule has 0 amide bonds. The molecule has 0 radical (unpaired) electrons. The normalized spacial score (nSPS) is 10.5. The molecule has 8 rings (SSSR count). The van der Waals surface area contributed by atoms with Crippen LogP contribution in [-0.4, -0.2) is 20.9 Å². The third kappa shape index (κ3) is 26.2. The molecule has 4 nitrogen and oxygen atoms in total. The topological polar surface area (TPSA) is 81.7 Å². The second-order valence-electron chi connectivity index (χ2n) is 19.6. The maximum absolute atomic E-state index is 13.5. The van der Waals surface area contributed by atoms with Crippen LogP contribution in [0.5, 0.6) is 0 Å². The van der Waals surface area contributed by atoms with Crippen LogP contribution in [0.25, 0.3) is 44.5 Å². The molecule has 0 aliphatic carbocycles. The number of thioether (sulfide) groups is 2. The molecule has 436 valence electrons. The lowest BCUT2D eigenvalue weighted by Crippen LogP contribution is -1.93. The maximum Gasteiger partial charge on any atom is 0.193 e. The molecule has 84 heavy (non-hydrogen) atoms. The number of alkyl halides is 2. The third-order valence-electron chi connectivity index (χ3n) is 13.1. The molecule has 0 bridgehead atoms. The van der Waals surface area contributed by atoms with Gasteiger partial charge in [-0.2, -0.15) is 10.5 Å². The number of carbonyl (C=O) groups excluding carboxylic acids is 2. The molecule has 0 aliphatic rings. The quantitative estimate of drug-likeness (QED) is 0.0206. The molecule has 0 saturated carbocycles. The van der Waals surface area contributed by atoms with Crippen LogP contribution in [0.4, 0.5) is 17.6 Å². The van der Waals surface area contributed by atoms with Gasteiger partial charge in [-0.25, -0.2) is 17.6 Å². The number of benzene rings is 8. The Balaban J connectivity index is 0.000000253. The zero-order chi connectivity index (χ0) is 60.3. The molecule has 0 aromatic heterocycles. The van der Waals surface area contributed by atoms with E-state index in [1.807, 2.05) is 121 Å². The maximum atomic E-state index is 13.5. The van der Waals surface area contributed by atoms with E-state index in [-0.39, 0.29) is 10.2 Å². The Morgan fingerprint density at radius 1 is 0.345 bits per heavy atom. The van der Waals surface area contributed by atoms with Crippen LogP contribution in [0.15, 0.2) is 202 Å². The van der Waals surface area contributed by atoms with Crippen LogP contribution in [0, 0.1) is 45.9 Å². The van der Waals surface area contributed by atoms with E-state index in [1.54, 1.807) is 30.3 Å². The van der Waals surface area contributed by atoms with Crippen molar-refractivity contribution in [2.45, 2.75) is 122 Å². The number of nitrogens with zero attached hydrogens (tertiary/aromatic N) is 2. The van der Waals surface area contributed by atoms with Crippen LogP contribution in [0.2, 0.25) is 0 Å². The van der Waals surface area contributed by atoms with E-state index in [1.165, 1.54) is 97.3 Å². The standard InChI is InChI=1S/C36H33F2NO2S2.C13H9NS.C12H8F2S.C9H18Br2/c37-33-23-18-30(24-34(33)38)29-16-21-32(22-17-29)43-36(41)9-7-5-3-1-2-4-6-8-35(40)42-31-19-14-28(15-20-31)27-12-10-26(25-39)11-13-27;14-9-10-1-3-11(4-2-10)12-5-7-13(15)8-6-12;13-11-6-3-9(7-12(11)14)8-1-4-10(15)5-2-8;10-8-6-4-2-1-3-5-7-9-11/h10-24H,1-9H2;1-8,15H;1-7,15H;1-9H2. The number of thiol groups is 2. The molecule has 0 heterocycles. The molecule has 0 saturated heterocycles. The van der Waals surface area contributed by atoms with E-state index >= 15 is 0 Å². The summed E-state index contributed by atoms with van der Waals surface area (Å²) in [4.78, 5) is 28.3. The number of carbonyl (C=O) groups is 2. The van der Waals surface area contributed by atoms with Crippen LogP contribution in [0.1, 0.15) is 114 Å². The summed E-state index contributed by atoms with van der Waals surface area (Å²) >= 11 is 17.8. The number of hydrogen-bond donors (Lipinski definition) is 2. The number of rotatable bonds is 24. The van der Waals surface area contributed by atoms with Gasteiger partial charge >= 0.3 is 0 Å². The van der Waals surface area contributed by atoms with Crippen molar-refractivity contribution in [3.63, 3.8) is 0 Å². The summed E-state index contributed by atoms with van der Waals surface area (Å²) in [5, 5.41) is 20.3. The predicted molar refractivity (Wildman–Crippen MR) is 354 cm³/mol. The first kappa shape index (κ1) is 68.9. The fourth-order valence-corrected chi connectivity index (χ4v) is 11.1. The summed E-state index contributed by atoms with van der Waals surface area (Å²) in [6.07, 6.45) is 17.9. The summed E-state index contributed by atoms with van der Waals surface area (Å²) in [7, 11) is 0. The van der Waals surface area contributed by atoms with Crippen molar-refractivity contribution in [2.24, 2.45) is 0 Å². The van der Waals surface area contributed by atoms with Crippen molar-refractivity contribution < 1.29 is 27.2 Å². The highest BCUT2D eigenvalue weighted by atomic mass is 79.9. The van der Waals surface area contributed by atoms with E-state index in [2.05, 4.69) is 69.3 Å². The first-order chi connectivity index (χ1) is 40.8. The van der Waals surface area contributed by atoms with Gasteiger partial charge in [0.25, 0.3) is 0 Å². The Kier molecular flexibility index (Phi) is 32.6. The fourth-order valence-electron chi connectivity index (χ4n) is 8.42. The summed E-state index contributed by atoms with van der Waals surface area (Å²) < 4.78 is 52.3. The molecule has 0 spiro atoms. The zero-order valence-corrected chi connectivity index (χ0v) is 53.3. The van der Waals surface area contributed by atoms with Gasteiger partial charge in [-0.3, -0.25) is 9.59 Å². The molecule has 0 atom stereocenters. The third-order valence-corrected chi connectivity index (χ3v) is 16.7. The van der Waals surface area contributed by atoms with Crippen molar-refractivity contribution in [3.05, 3.63) is 216 Å². The first-order valence-electron chi connectivity index (χ1n) is 28.0. The van der Waals surface area contributed by atoms with Gasteiger partial charge in [-0.15, -0.1) is 25.3 Å². The second-order valence-corrected chi connectivity index (χ2v) is 24.4. The minimum atomic E-state index is -0.878. The largest absolute Gasteiger partial charge is 0.287 e. The summed E-state index contributed by atoms with van der Waals surface area (Å²) in [6, 6.07) is 57.3. The first-order valence-corrected chi connectivity index (χ1v) is 32.8. The van der Waals surface area contributed by atoms with Gasteiger partial charge < -0.3 is 0 Å². The molecule has 8 aromatic rings. The minimum absolute atomic E-state index is 0.125. The van der Waals surface area contributed by atoms with Gasteiger partial charge in [0.1, 0.15) is 0 Å². The van der Waals surface area contributed by atoms with E-state index in [0.29, 0.717) is 35.1 Å². The van der Waals surface area contributed by atoms with Crippen molar-refractivity contribution in [3.8, 4) is 56.6 Å². The van der Waals surface area contributed by atoms with E-state index in [0.717, 1.165) is 110 Å². The Bertz CT molecular complexity index is 3310. The van der Waals surface area contributed by atoms with Crippen molar-refractivity contribution >= 4 is 90.9 Å². The molecule has 0 aliphatic heterocycles. The van der Waals surface area contributed by atoms with Crippen LogP contribution >= 0.6 is 80.6 Å². The Labute approximate surface area is 530 Å². The lowest BCUT2D eigenvalue weighted by Gasteiger charge is -2.05. The fraction of sp³-hybridized carbons (Fsp3) is 0.257. The number of halogens is 6. The summed E-state index contributed by atoms with van der Waals surface area (Å²) in [5.41, 5.74) is 8.52. The van der Waals surface area contributed by atoms with E-state index < -0.39 is 23.3 Å². The van der Waals surface area contributed by atoms with Crippen molar-refractivity contribution in [1.82, 2.24) is 0 Å². The molecular weight excluding hydrogens is 1260 g/mol. The predicted octanol–water partition coefficient (Wildman–Crippen LogP) is 22.6. The van der Waals surface area contributed by atoms with Gasteiger partial charge in [-0.1, -0.05) is 205 Å². The zero-order valence-electron chi connectivity index (χ0n) is 46.7. The molecule has 14 heteroatoms. The molecule has 0 unspecified atom stereocenters. The van der Waals surface area contributed by atoms with Crippen molar-refractivity contribution in [2.75, 3.05) is 10.7 Å². The van der Waals surface area contributed by atoms with Gasteiger partial charge in [0, 0.05) is 43.1 Å². The summed E-state index contributed by atoms with van der Waals surface area (Å²) in [6.45, 7) is 0. The van der Waals surface area contributed by atoms with Crippen LogP contribution in [-0.2, 0) is 9.59 Å². The summed E-state index contributed by atoms with van der Waals surface area (Å²) in [5.74, 6) is -3.41. The minimum Gasteiger partial charge on any atom is -0.287 e. The second kappa shape index (κ2) is 39.7. The highest BCUT2D eigenvalue weighted by molar-refractivity contribution is 9.09. The van der Waals surface area contributed by atoms with Crippen LogP contribution in [0.3, 0.4) is 0 Å². The average Bonchev–Trinajstić information content (AvgIpc) is 3.61. The number of hydrogen-bond acceptors (Lipinski definition) is 8. The van der Waals surface area contributed by atoms with Gasteiger partial charge in [0.2, 0.25) is 0 Å². The molecule has 0 fully saturated rings. The lowest BCUT2D eigenvalue weighted by molar-refractivity contribution is -0.111. The highest BCUT2D eigenvalue weighted by Gasteiger charge is 2.10. The SMILES string of the molecule is BrCCCCCCCCCBr.Fc1ccc(-c2ccc(S)cc2)cc1F.N#Cc1ccc(-c2ccc(S)cc2)cc1.N#Cc1ccc(-c2ccc(SC(=O)CCCCCCCCCC(=O)Sc3ccc(-c4ccc(F)c(F)c4)cc3)cc2)cc1. The molecular formula is C70H68Br2F4N2O2S4. The monoisotopic (exact) mass is 1330 g/mol. The number of unbranched alkanes of at least 4 members (excludes halogenated alkanes) is 12. The highest BCUT2D eigenvalue weighted by Crippen LogP contribution is 2.30. The van der Waals surface area contributed by atoms with Gasteiger partial charge in [0.15, 0.2) is 33.5 Å². The van der Waals surface area contributed by atoms with E-state index in [4.69, 9.17) is 10.5 Å². The Morgan fingerprint density at radius 3 is 0.881 bits per heavy atom.